The van der Waals surface area contributed by atoms with Gasteiger partial charge in [0.2, 0.25) is 0 Å². The van der Waals surface area contributed by atoms with E-state index < -0.39 is 0 Å². The van der Waals surface area contributed by atoms with Crippen LogP contribution in [0.5, 0.6) is 0 Å². The Kier molecular flexibility index (Phi) is 6.64. The largest absolute Gasteiger partial charge is 0.465 e. The van der Waals surface area contributed by atoms with E-state index >= 15 is 0 Å². The van der Waals surface area contributed by atoms with Gasteiger partial charge in [-0.15, -0.1) is 0 Å². The van der Waals surface area contributed by atoms with Crippen LogP contribution in [0.2, 0.25) is 0 Å². The van der Waals surface area contributed by atoms with Gasteiger partial charge < -0.3 is 19.1 Å². The lowest BCUT2D eigenvalue weighted by Crippen LogP contribution is -2.09. The SMILES string of the molecule is COCCn1c(CO)cnc1SCc1ccc(C(=O)OC)cc1. The molecule has 0 fully saturated rings. The van der Waals surface area contributed by atoms with Crippen molar-refractivity contribution in [2.24, 2.45) is 0 Å². The summed E-state index contributed by atoms with van der Waals surface area (Å²) in [5.74, 6) is 0.378. The zero-order valence-corrected chi connectivity index (χ0v) is 14.0. The molecule has 0 unspecified atom stereocenters. The zero-order chi connectivity index (χ0) is 16.7. The molecule has 0 amide bonds. The lowest BCUT2D eigenvalue weighted by atomic mass is 10.1. The summed E-state index contributed by atoms with van der Waals surface area (Å²) in [5, 5.41) is 10.2. The third-order valence-electron chi connectivity index (χ3n) is 3.33. The quantitative estimate of drug-likeness (QED) is 0.588. The van der Waals surface area contributed by atoms with Crippen molar-refractivity contribution in [1.82, 2.24) is 9.55 Å². The Morgan fingerprint density at radius 3 is 2.65 bits per heavy atom. The lowest BCUT2D eigenvalue weighted by Gasteiger charge is -2.10. The summed E-state index contributed by atoms with van der Waals surface area (Å²) in [6.45, 7) is 1.16. The third kappa shape index (κ3) is 4.57. The molecule has 0 spiro atoms. The van der Waals surface area contributed by atoms with Gasteiger partial charge in [0.05, 0.1) is 37.8 Å². The van der Waals surface area contributed by atoms with Gasteiger partial charge >= 0.3 is 5.97 Å². The number of benzene rings is 1. The van der Waals surface area contributed by atoms with Gasteiger partial charge in [-0.25, -0.2) is 9.78 Å². The van der Waals surface area contributed by atoms with Crippen molar-refractivity contribution in [2.45, 2.75) is 24.1 Å². The molecule has 0 atom stereocenters. The number of aliphatic hydroxyl groups is 1. The molecule has 1 N–H and O–H groups in total. The maximum absolute atomic E-state index is 11.4. The summed E-state index contributed by atoms with van der Waals surface area (Å²) in [6, 6.07) is 7.29. The number of hydrogen-bond acceptors (Lipinski definition) is 6. The second kappa shape index (κ2) is 8.71. The van der Waals surface area contributed by atoms with Crippen LogP contribution in [0, 0.1) is 0 Å². The number of carbonyl (C=O) groups excluding carboxylic acids is 1. The van der Waals surface area contributed by atoms with E-state index in [1.54, 1.807) is 37.2 Å². The maximum Gasteiger partial charge on any atom is 0.337 e. The van der Waals surface area contributed by atoms with Crippen LogP contribution in [0.15, 0.2) is 35.6 Å². The summed E-state index contributed by atoms with van der Waals surface area (Å²) in [4.78, 5) is 15.8. The molecule has 124 valence electrons. The minimum atomic E-state index is -0.341. The number of carbonyl (C=O) groups is 1. The topological polar surface area (TPSA) is 73.6 Å². The Hall–Kier alpha value is -1.83. The summed E-state index contributed by atoms with van der Waals surface area (Å²) in [6.07, 6.45) is 1.68. The predicted molar refractivity (Wildman–Crippen MR) is 87.4 cm³/mol. The number of methoxy groups -OCH3 is 2. The Morgan fingerprint density at radius 1 is 1.30 bits per heavy atom. The molecule has 1 aromatic heterocycles. The van der Waals surface area contributed by atoms with Crippen LogP contribution in [0.1, 0.15) is 21.6 Å². The monoisotopic (exact) mass is 336 g/mol. The molecule has 0 bridgehead atoms. The van der Waals surface area contributed by atoms with Crippen molar-refractivity contribution in [1.29, 1.82) is 0 Å². The van der Waals surface area contributed by atoms with Crippen LogP contribution in [0.4, 0.5) is 0 Å². The van der Waals surface area contributed by atoms with Gasteiger partial charge in [-0.1, -0.05) is 23.9 Å². The normalized spacial score (nSPS) is 10.7. The van der Waals surface area contributed by atoms with Gasteiger partial charge in [-0.3, -0.25) is 0 Å². The number of thioether (sulfide) groups is 1. The van der Waals surface area contributed by atoms with E-state index in [4.69, 9.17) is 4.74 Å². The molecule has 2 rings (SSSR count). The van der Waals surface area contributed by atoms with Crippen LogP contribution < -0.4 is 0 Å². The first-order chi connectivity index (χ1) is 11.2. The highest BCUT2D eigenvalue weighted by Gasteiger charge is 2.10. The minimum Gasteiger partial charge on any atom is -0.465 e. The van der Waals surface area contributed by atoms with Crippen LogP contribution in [-0.2, 0) is 28.4 Å². The number of nitrogens with zero attached hydrogens (tertiary/aromatic N) is 2. The Balaban J connectivity index is 2.03. The van der Waals surface area contributed by atoms with E-state index in [-0.39, 0.29) is 12.6 Å². The van der Waals surface area contributed by atoms with E-state index in [0.717, 1.165) is 22.2 Å². The molecule has 0 saturated carbocycles. The van der Waals surface area contributed by atoms with Gasteiger partial charge in [0.15, 0.2) is 5.16 Å². The predicted octanol–water partition coefficient (Wildman–Crippen LogP) is 2.10. The molecule has 0 aliphatic rings. The van der Waals surface area contributed by atoms with Gasteiger partial charge in [-0.05, 0) is 17.7 Å². The van der Waals surface area contributed by atoms with E-state index in [0.29, 0.717) is 18.7 Å². The Labute approximate surface area is 139 Å². The second-order valence-electron chi connectivity index (χ2n) is 4.81. The number of aromatic nitrogens is 2. The second-order valence-corrected chi connectivity index (χ2v) is 5.75. The van der Waals surface area contributed by atoms with Crippen molar-refractivity contribution in [3.05, 3.63) is 47.3 Å². The van der Waals surface area contributed by atoms with E-state index in [2.05, 4.69) is 9.72 Å². The van der Waals surface area contributed by atoms with Crippen LogP contribution in [-0.4, -0.2) is 41.5 Å². The fourth-order valence-corrected chi connectivity index (χ4v) is 3.04. The van der Waals surface area contributed by atoms with E-state index in [9.17, 15) is 9.90 Å². The molecule has 1 aromatic carbocycles. The summed E-state index contributed by atoms with van der Waals surface area (Å²) in [5.41, 5.74) is 2.38. The number of rotatable bonds is 8. The highest BCUT2D eigenvalue weighted by atomic mass is 32.2. The fourth-order valence-electron chi connectivity index (χ4n) is 2.06. The lowest BCUT2D eigenvalue weighted by molar-refractivity contribution is 0.0600. The number of esters is 1. The first-order valence-electron chi connectivity index (χ1n) is 7.13. The molecule has 6 nitrogen and oxygen atoms in total. The fraction of sp³-hybridized carbons (Fsp3) is 0.375. The smallest absolute Gasteiger partial charge is 0.337 e. The highest BCUT2D eigenvalue weighted by Crippen LogP contribution is 2.23. The molecule has 0 aliphatic carbocycles. The van der Waals surface area contributed by atoms with E-state index in [1.165, 1.54) is 7.11 Å². The van der Waals surface area contributed by atoms with Crippen molar-refractivity contribution in [3.8, 4) is 0 Å². The number of hydrogen-bond donors (Lipinski definition) is 1. The molecule has 0 radical (unpaired) electrons. The van der Waals surface area contributed by atoms with Crippen LogP contribution >= 0.6 is 11.8 Å². The first-order valence-corrected chi connectivity index (χ1v) is 8.12. The van der Waals surface area contributed by atoms with Gasteiger partial charge in [0.25, 0.3) is 0 Å². The standard InChI is InChI=1S/C16H20N2O4S/c1-21-8-7-18-14(10-19)9-17-16(18)23-11-12-3-5-13(6-4-12)15(20)22-2/h3-6,9,19H,7-8,10-11H2,1-2H3. The van der Waals surface area contributed by atoms with Crippen LogP contribution in [0.3, 0.4) is 0 Å². The number of ether oxygens (including phenoxy) is 2. The highest BCUT2D eigenvalue weighted by molar-refractivity contribution is 7.98. The molecule has 2 aromatic rings. The molecular formula is C16H20N2O4S. The molecule has 7 heteroatoms. The number of imidazole rings is 1. The molecular weight excluding hydrogens is 316 g/mol. The van der Waals surface area contributed by atoms with Crippen molar-refractivity contribution in [3.63, 3.8) is 0 Å². The average molecular weight is 336 g/mol. The maximum atomic E-state index is 11.4. The average Bonchev–Trinajstić information content (AvgIpc) is 2.99. The van der Waals surface area contributed by atoms with Gasteiger partial charge in [-0.2, -0.15) is 0 Å². The van der Waals surface area contributed by atoms with Crippen LogP contribution in [0.25, 0.3) is 0 Å². The van der Waals surface area contributed by atoms with E-state index in [1.807, 2.05) is 16.7 Å². The minimum absolute atomic E-state index is 0.0505. The van der Waals surface area contributed by atoms with Crippen molar-refractivity contribution >= 4 is 17.7 Å². The summed E-state index contributed by atoms with van der Waals surface area (Å²) < 4.78 is 11.7. The van der Waals surface area contributed by atoms with Crippen molar-refractivity contribution < 1.29 is 19.4 Å². The Bertz CT molecular complexity index is 640. The van der Waals surface area contributed by atoms with Crippen molar-refractivity contribution in [2.75, 3.05) is 20.8 Å². The van der Waals surface area contributed by atoms with Gasteiger partial charge in [0, 0.05) is 19.4 Å². The third-order valence-corrected chi connectivity index (χ3v) is 4.39. The summed E-state index contributed by atoms with van der Waals surface area (Å²) >= 11 is 1.58. The van der Waals surface area contributed by atoms with Gasteiger partial charge in [0.1, 0.15) is 0 Å². The molecule has 0 saturated heterocycles. The molecule has 23 heavy (non-hydrogen) atoms. The zero-order valence-electron chi connectivity index (χ0n) is 13.2. The first kappa shape index (κ1) is 17.5. The Morgan fingerprint density at radius 2 is 2.04 bits per heavy atom. The molecule has 0 aliphatic heterocycles. The summed E-state index contributed by atoms with van der Waals surface area (Å²) in [7, 11) is 3.01. The number of aliphatic hydroxyl groups excluding tert-OH is 1. The molecule has 1 heterocycles.